The van der Waals surface area contributed by atoms with E-state index in [1.165, 1.54) is 17.0 Å². The van der Waals surface area contributed by atoms with Gasteiger partial charge in [0.15, 0.2) is 0 Å². The molecule has 3 aromatic carbocycles. The van der Waals surface area contributed by atoms with Gasteiger partial charge in [0, 0.05) is 35.1 Å². The van der Waals surface area contributed by atoms with Crippen molar-refractivity contribution in [3.8, 4) is 0 Å². The first-order chi connectivity index (χ1) is 15.9. The molecule has 2 amide bonds. The van der Waals surface area contributed by atoms with Gasteiger partial charge in [-0.05, 0) is 42.3 Å². The van der Waals surface area contributed by atoms with E-state index in [-0.39, 0.29) is 30.6 Å². The lowest BCUT2D eigenvalue weighted by atomic mass is 10.0. The third-order valence-corrected chi connectivity index (χ3v) is 5.99. The van der Waals surface area contributed by atoms with Gasteiger partial charge in [-0.25, -0.2) is 4.39 Å². The highest BCUT2D eigenvalue weighted by Crippen LogP contribution is 2.27. The van der Waals surface area contributed by atoms with Crippen LogP contribution in [0.5, 0.6) is 0 Å². The van der Waals surface area contributed by atoms with E-state index >= 15 is 0 Å². The van der Waals surface area contributed by atoms with E-state index in [4.69, 9.17) is 23.2 Å². The number of nitrogens with zero attached hydrogens (tertiary/aromatic N) is 1. The Hall–Kier alpha value is -2.89. The number of hydrogen-bond donors (Lipinski definition) is 1. The van der Waals surface area contributed by atoms with Crippen molar-refractivity contribution in [3.05, 3.63) is 105 Å². The van der Waals surface area contributed by atoms with Crippen LogP contribution in [-0.2, 0) is 29.0 Å². The van der Waals surface area contributed by atoms with Crippen molar-refractivity contribution < 1.29 is 14.0 Å². The molecular weight excluding hydrogens is 462 g/mol. The zero-order valence-corrected chi connectivity index (χ0v) is 19.7. The van der Waals surface area contributed by atoms with Crippen LogP contribution in [0.25, 0.3) is 0 Å². The van der Waals surface area contributed by atoms with Crippen molar-refractivity contribution >= 4 is 35.0 Å². The van der Waals surface area contributed by atoms with Gasteiger partial charge in [0.1, 0.15) is 11.9 Å². The first-order valence-corrected chi connectivity index (χ1v) is 11.4. The summed E-state index contributed by atoms with van der Waals surface area (Å²) in [5, 5.41) is 3.67. The molecule has 1 atom stereocenters. The Kier molecular flexibility index (Phi) is 8.87. The molecular formula is C26H25Cl2FN2O2. The standard InChI is InChI=1S/C26H25Cl2FN2O2/c1-2-30-26(33)24(15-18-7-4-3-5-8-18)31(17-21-22(27)9-6-10-23(21)28)25(32)16-19-11-13-20(29)14-12-19/h3-14,24H,2,15-17H2,1H3,(H,30,33)/t24-/m0/s1. The summed E-state index contributed by atoms with van der Waals surface area (Å²) in [5.74, 6) is -0.933. The lowest BCUT2D eigenvalue weighted by Gasteiger charge is -2.32. The number of carbonyl (C=O) groups excluding carboxylic acids is 2. The summed E-state index contributed by atoms with van der Waals surface area (Å²) in [5.41, 5.74) is 2.13. The maximum absolute atomic E-state index is 13.5. The Morgan fingerprint density at radius 1 is 0.909 bits per heavy atom. The van der Waals surface area contributed by atoms with Crippen molar-refractivity contribution in [2.75, 3.05) is 6.54 Å². The summed E-state index contributed by atoms with van der Waals surface area (Å²) in [7, 11) is 0. The van der Waals surface area contributed by atoms with E-state index in [2.05, 4.69) is 5.32 Å². The number of likely N-dealkylation sites (N-methyl/N-ethyl adjacent to an activating group) is 1. The number of rotatable bonds is 9. The van der Waals surface area contributed by atoms with Crippen molar-refractivity contribution in [1.82, 2.24) is 10.2 Å². The average Bonchev–Trinajstić information content (AvgIpc) is 2.80. The van der Waals surface area contributed by atoms with Gasteiger partial charge >= 0.3 is 0 Å². The van der Waals surface area contributed by atoms with Crippen molar-refractivity contribution in [1.29, 1.82) is 0 Å². The van der Waals surface area contributed by atoms with Crippen LogP contribution in [-0.4, -0.2) is 29.3 Å². The fraction of sp³-hybridized carbons (Fsp3) is 0.231. The predicted molar refractivity (Wildman–Crippen MR) is 130 cm³/mol. The fourth-order valence-corrected chi connectivity index (χ4v) is 4.10. The first-order valence-electron chi connectivity index (χ1n) is 10.7. The molecule has 0 saturated heterocycles. The molecule has 0 spiro atoms. The van der Waals surface area contributed by atoms with E-state index in [1.807, 2.05) is 37.3 Å². The van der Waals surface area contributed by atoms with Crippen molar-refractivity contribution in [3.63, 3.8) is 0 Å². The fourth-order valence-electron chi connectivity index (χ4n) is 3.58. The van der Waals surface area contributed by atoms with Gasteiger partial charge in [-0.3, -0.25) is 9.59 Å². The van der Waals surface area contributed by atoms with Crippen LogP contribution in [0.3, 0.4) is 0 Å². The molecule has 0 aliphatic carbocycles. The summed E-state index contributed by atoms with van der Waals surface area (Å²) < 4.78 is 13.3. The second-order valence-corrected chi connectivity index (χ2v) is 8.44. The van der Waals surface area contributed by atoms with Gasteiger partial charge in [0.25, 0.3) is 0 Å². The van der Waals surface area contributed by atoms with Gasteiger partial charge in [0.2, 0.25) is 11.8 Å². The molecule has 4 nitrogen and oxygen atoms in total. The van der Waals surface area contributed by atoms with Crippen molar-refractivity contribution in [2.45, 2.75) is 32.4 Å². The monoisotopic (exact) mass is 486 g/mol. The molecule has 172 valence electrons. The van der Waals surface area contributed by atoms with Crippen LogP contribution in [0, 0.1) is 5.82 Å². The van der Waals surface area contributed by atoms with Crippen LogP contribution in [0.2, 0.25) is 10.0 Å². The predicted octanol–water partition coefficient (Wildman–Crippen LogP) is 5.45. The van der Waals surface area contributed by atoms with Crippen LogP contribution >= 0.6 is 23.2 Å². The molecule has 0 aliphatic rings. The number of halogens is 3. The molecule has 33 heavy (non-hydrogen) atoms. The number of carbonyl (C=O) groups is 2. The minimum absolute atomic E-state index is 0.00699. The van der Waals surface area contributed by atoms with E-state index < -0.39 is 6.04 Å². The molecule has 0 heterocycles. The third-order valence-electron chi connectivity index (χ3n) is 5.28. The molecule has 0 aromatic heterocycles. The van der Waals surface area contributed by atoms with E-state index in [0.29, 0.717) is 34.1 Å². The van der Waals surface area contributed by atoms with E-state index in [1.54, 1.807) is 30.3 Å². The van der Waals surface area contributed by atoms with Gasteiger partial charge in [0.05, 0.1) is 6.42 Å². The molecule has 3 aromatic rings. The lowest BCUT2D eigenvalue weighted by molar-refractivity contribution is -0.140. The van der Waals surface area contributed by atoms with Gasteiger partial charge in [-0.1, -0.05) is 71.7 Å². The van der Waals surface area contributed by atoms with Crippen LogP contribution in [0.4, 0.5) is 4.39 Å². The summed E-state index contributed by atoms with van der Waals surface area (Å²) >= 11 is 12.8. The van der Waals surface area contributed by atoms with Gasteiger partial charge in [-0.2, -0.15) is 0 Å². The van der Waals surface area contributed by atoms with Gasteiger partial charge in [-0.15, -0.1) is 0 Å². The normalized spacial score (nSPS) is 11.6. The SMILES string of the molecule is CCNC(=O)[C@H](Cc1ccccc1)N(Cc1c(Cl)cccc1Cl)C(=O)Cc1ccc(F)cc1. The van der Waals surface area contributed by atoms with E-state index in [9.17, 15) is 14.0 Å². The molecule has 0 bridgehead atoms. The maximum atomic E-state index is 13.5. The van der Waals surface area contributed by atoms with Crippen LogP contribution < -0.4 is 5.32 Å². The Morgan fingerprint density at radius 2 is 1.55 bits per heavy atom. The van der Waals surface area contributed by atoms with Crippen molar-refractivity contribution in [2.24, 2.45) is 0 Å². The molecule has 3 rings (SSSR count). The summed E-state index contributed by atoms with van der Waals surface area (Å²) in [6, 6.07) is 19.6. The number of benzene rings is 3. The molecule has 0 radical (unpaired) electrons. The lowest BCUT2D eigenvalue weighted by Crippen LogP contribution is -2.51. The number of hydrogen-bond acceptors (Lipinski definition) is 2. The van der Waals surface area contributed by atoms with E-state index in [0.717, 1.165) is 5.56 Å². The number of nitrogens with one attached hydrogen (secondary N) is 1. The smallest absolute Gasteiger partial charge is 0.243 e. The minimum Gasteiger partial charge on any atom is -0.355 e. The van der Waals surface area contributed by atoms with Crippen LogP contribution in [0.15, 0.2) is 72.8 Å². The average molecular weight is 487 g/mol. The zero-order chi connectivity index (χ0) is 23.8. The molecule has 0 fully saturated rings. The Bertz CT molecular complexity index is 1070. The minimum atomic E-state index is -0.785. The second kappa shape index (κ2) is 11.8. The summed E-state index contributed by atoms with van der Waals surface area (Å²) in [6.07, 6.45) is 0.330. The van der Waals surface area contributed by atoms with Gasteiger partial charge < -0.3 is 10.2 Å². The highest BCUT2D eigenvalue weighted by Gasteiger charge is 2.31. The molecule has 0 aliphatic heterocycles. The second-order valence-electron chi connectivity index (χ2n) is 7.63. The third kappa shape index (κ3) is 6.80. The highest BCUT2D eigenvalue weighted by molar-refractivity contribution is 6.36. The Balaban J connectivity index is 1.99. The van der Waals surface area contributed by atoms with Crippen LogP contribution in [0.1, 0.15) is 23.6 Å². The maximum Gasteiger partial charge on any atom is 0.243 e. The topological polar surface area (TPSA) is 49.4 Å². The molecule has 0 unspecified atom stereocenters. The Labute approximate surface area is 203 Å². The quantitative estimate of drug-likeness (QED) is 0.437. The largest absolute Gasteiger partial charge is 0.355 e. The number of amides is 2. The summed E-state index contributed by atoms with van der Waals surface area (Å²) in [6.45, 7) is 2.32. The molecule has 7 heteroatoms. The first kappa shape index (κ1) is 24.7. The zero-order valence-electron chi connectivity index (χ0n) is 18.2. The molecule has 1 N–H and O–H groups in total. The highest BCUT2D eigenvalue weighted by atomic mass is 35.5. The molecule has 0 saturated carbocycles. The Morgan fingerprint density at radius 3 is 2.15 bits per heavy atom. The summed E-state index contributed by atoms with van der Waals surface area (Å²) in [4.78, 5) is 28.2.